The van der Waals surface area contributed by atoms with Gasteiger partial charge in [-0.15, -0.1) is 0 Å². The number of carbonyl (C=O) groups excluding carboxylic acids is 2. The average molecular weight is 372 g/mol. The lowest BCUT2D eigenvalue weighted by Crippen LogP contribution is -2.54. The highest BCUT2D eigenvalue weighted by molar-refractivity contribution is 5.83. The van der Waals surface area contributed by atoms with Crippen molar-refractivity contribution >= 4 is 22.6 Å². The molecule has 2 amide bonds. The van der Waals surface area contributed by atoms with Gasteiger partial charge in [0, 0.05) is 31.6 Å². The molecule has 1 N–H and O–H groups in total. The molecule has 1 saturated heterocycles. The maximum atomic E-state index is 12.6. The summed E-state index contributed by atoms with van der Waals surface area (Å²) in [6.07, 6.45) is 0. The quantitative estimate of drug-likeness (QED) is 0.826. The monoisotopic (exact) mass is 372 g/mol. The Bertz CT molecular complexity index is 991. The van der Waals surface area contributed by atoms with E-state index in [0.717, 1.165) is 4.68 Å². The van der Waals surface area contributed by atoms with Crippen molar-refractivity contribution in [1.82, 2.24) is 19.6 Å². The number of hydrogen-bond donors (Lipinski definition) is 1. The Morgan fingerprint density at radius 3 is 2.11 bits per heavy atom. The molecule has 0 saturated carbocycles. The normalized spacial score (nSPS) is 15.2. The molecule has 2 aromatic rings. The molecule has 2 heterocycles. The number of carbonyl (C=O) groups is 2. The van der Waals surface area contributed by atoms with Gasteiger partial charge in [0.05, 0.1) is 10.8 Å². The number of aromatic nitrogens is 2. The van der Waals surface area contributed by atoms with Crippen LogP contribution in [-0.4, -0.2) is 57.6 Å². The third-order valence-corrected chi connectivity index (χ3v) is 4.74. The third kappa shape index (κ3) is 3.79. The van der Waals surface area contributed by atoms with E-state index in [1.165, 1.54) is 0 Å². The summed E-state index contributed by atoms with van der Waals surface area (Å²) in [5.41, 5.74) is -1.26. The van der Waals surface area contributed by atoms with E-state index in [9.17, 15) is 19.2 Å². The maximum absolute atomic E-state index is 12.6. The van der Waals surface area contributed by atoms with Crippen LogP contribution in [0.25, 0.3) is 10.8 Å². The van der Waals surface area contributed by atoms with Gasteiger partial charge in [0.1, 0.15) is 6.54 Å². The number of aromatic amines is 1. The van der Waals surface area contributed by atoms with Crippen LogP contribution in [0, 0.1) is 5.41 Å². The van der Waals surface area contributed by atoms with Crippen molar-refractivity contribution in [3.63, 3.8) is 0 Å². The fourth-order valence-electron chi connectivity index (χ4n) is 3.23. The number of hydrogen-bond acceptors (Lipinski definition) is 4. The largest absolute Gasteiger partial charge is 0.339 e. The number of H-pyrrole nitrogens is 1. The van der Waals surface area contributed by atoms with Crippen molar-refractivity contribution < 1.29 is 9.59 Å². The predicted octanol–water partition coefficient (Wildman–Crippen LogP) is 0.407. The fourth-order valence-corrected chi connectivity index (χ4v) is 3.23. The van der Waals surface area contributed by atoms with Crippen LogP contribution in [0.5, 0.6) is 0 Å². The molecule has 0 bridgehead atoms. The Hall–Kier alpha value is -2.90. The van der Waals surface area contributed by atoms with Crippen LogP contribution < -0.4 is 11.1 Å². The number of fused-ring (bicyclic) bond motifs is 1. The molecule has 1 aromatic heterocycles. The summed E-state index contributed by atoms with van der Waals surface area (Å²) in [6, 6.07) is 6.52. The van der Waals surface area contributed by atoms with Crippen LogP contribution in [-0.2, 0) is 16.1 Å². The Kier molecular flexibility index (Phi) is 4.91. The third-order valence-electron chi connectivity index (χ3n) is 4.74. The van der Waals surface area contributed by atoms with Crippen molar-refractivity contribution in [2.45, 2.75) is 27.3 Å². The molecule has 0 spiro atoms. The Morgan fingerprint density at radius 2 is 1.52 bits per heavy atom. The number of benzene rings is 1. The average Bonchev–Trinajstić information content (AvgIpc) is 2.64. The lowest BCUT2D eigenvalue weighted by molar-refractivity contribution is -0.145. The zero-order valence-corrected chi connectivity index (χ0v) is 15.8. The van der Waals surface area contributed by atoms with E-state index in [4.69, 9.17) is 0 Å². The predicted molar refractivity (Wildman–Crippen MR) is 101 cm³/mol. The van der Waals surface area contributed by atoms with E-state index >= 15 is 0 Å². The van der Waals surface area contributed by atoms with Crippen molar-refractivity contribution in [1.29, 1.82) is 0 Å². The molecular weight excluding hydrogens is 348 g/mol. The number of rotatable bonds is 2. The highest BCUT2D eigenvalue weighted by atomic mass is 16.2. The van der Waals surface area contributed by atoms with Gasteiger partial charge in [0.15, 0.2) is 0 Å². The van der Waals surface area contributed by atoms with Gasteiger partial charge in [-0.2, -0.15) is 0 Å². The standard InChI is InChI=1S/C19H24N4O4/c1-19(2,3)18(27)22-10-8-21(9-11-22)15(24)12-23-17(26)14-7-5-4-6-13(14)16(25)20-23/h4-7H,8-12H2,1-3H3,(H,20,25). The van der Waals surface area contributed by atoms with E-state index < -0.39 is 16.5 Å². The van der Waals surface area contributed by atoms with Gasteiger partial charge in [-0.05, 0) is 12.1 Å². The summed E-state index contributed by atoms with van der Waals surface area (Å²) >= 11 is 0. The first-order valence-electron chi connectivity index (χ1n) is 8.97. The van der Waals surface area contributed by atoms with E-state index in [1.54, 1.807) is 34.1 Å². The Balaban J connectivity index is 1.72. The fraction of sp³-hybridized carbons (Fsp3) is 0.474. The van der Waals surface area contributed by atoms with Gasteiger partial charge >= 0.3 is 0 Å². The minimum absolute atomic E-state index is 0.0599. The summed E-state index contributed by atoms with van der Waals surface area (Å²) in [6.45, 7) is 7.13. The lowest BCUT2D eigenvalue weighted by Gasteiger charge is -2.37. The summed E-state index contributed by atoms with van der Waals surface area (Å²) in [5.74, 6) is -0.199. The molecule has 0 aliphatic carbocycles. The van der Waals surface area contributed by atoms with E-state index in [1.807, 2.05) is 20.8 Å². The summed E-state index contributed by atoms with van der Waals surface area (Å²) in [4.78, 5) is 52.9. The second kappa shape index (κ2) is 7.02. The Morgan fingerprint density at radius 1 is 0.963 bits per heavy atom. The van der Waals surface area contributed by atoms with Crippen molar-refractivity contribution in [3.05, 3.63) is 45.0 Å². The molecule has 8 heteroatoms. The van der Waals surface area contributed by atoms with Gasteiger partial charge in [-0.25, -0.2) is 4.68 Å². The summed E-state index contributed by atoms with van der Waals surface area (Å²) < 4.78 is 1.06. The SMILES string of the molecule is CC(C)(C)C(=O)N1CCN(C(=O)Cn2[nH]c(=O)c3ccccc3c2=O)CC1. The number of nitrogens with one attached hydrogen (secondary N) is 1. The minimum Gasteiger partial charge on any atom is -0.339 e. The van der Waals surface area contributed by atoms with Gasteiger partial charge in [-0.3, -0.25) is 24.3 Å². The maximum Gasteiger partial charge on any atom is 0.273 e. The molecule has 27 heavy (non-hydrogen) atoms. The zero-order valence-electron chi connectivity index (χ0n) is 15.8. The summed E-state index contributed by atoms with van der Waals surface area (Å²) in [5, 5.41) is 3.06. The first-order chi connectivity index (χ1) is 12.7. The Labute approximate surface area is 156 Å². The smallest absolute Gasteiger partial charge is 0.273 e. The zero-order chi connectivity index (χ0) is 19.8. The van der Waals surface area contributed by atoms with Crippen molar-refractivity contribution in [3.8, 4) is 0 Å². The molecule has 8 nitrogen and oxygen atoms in total. The molecule has 1 aliphatic heterocycles. The van der Waals surface area contributed by atoms with E-state index in [2.05, 4.69) is 5.10 Å². The minimum atomic E-state index is -0.454. The number of piperazine rings is 1. The van der Waals surface area contributed by atoms with Gasteiger partial charge < -0.3 is 9.80 Å². The molecule has 1 fully saturated rings. The summed E-state index contributed by atoms with van der Waals surface area (Å²) in [7, 11) is 0. The van der Waals surface area contributed by atoms with Crippen LogP contribution in [0.2, 0.25) is 0 Å². The second-order valence-electron chi connectivity index (χ2n) is 7.80. The first kappa shape index (κ1) is 18.9. The van der Waals surface area contributed by atoms with Crippen LogP contribution >= 0.6 is 0 Å². The number of amides is 2. The van der Waals surface area contributed by atoms with Gasteiger partial charge in [0.2, 0.25) is 11.8 Å². The molecular formula is C19H24N4O4. The molecule has 0 radical (unpaired) electrons. The molecule has 1 aromatic carbocycles. The van der Waals surface area contributed by atoms with Crippen LogP contribution in [0.3, 0.4) is 0 Å². The number of nitrogens with zero attached hydrogens (tertiary/aromatic N) is 3. The molecule has 0 atom stereocenters. The molecule has 3 rings (SSSR count). The van der Waals surface area contributed by atoms with Crippen molar-refractivity contribution in [2.75, 3.05) is 26.2 Å². The molecule has 1 aliphatic rings. The highest BCUT2D eigenvalue weighted by Gasteiger charge is 2.30. The topological polar surface area (TPSA) is 95.5 Å². The lowest BCUT2D eigenvalue weighted by atomic mass is 9.94. The van der Waals surface area contributed by atoms with Gasteiger partial charge in [0.25, 0.3) is 11.1 Å². The van der Waals surface area contributed by atoms with Gasteiger partial charge in [-0.1, -0.05) is 32.9 Å². The van der Waals surface area contributed by atoms with E-state index in [0.29, 0.717) is 31.6 Å². The second-order valence-corrected chi connectivity index (χ2v) is 7.80. The van der Waals surface area contributed by atoms with E-state index in [-0.39, 0.29) is 23.7 Å². The first-order valence-corrected chi connectivity index (χ1v) is 8.97. The highest BCUT2D eigenvalue weighted by Crippen LogP contribution is 2.18. The van der Waals surface area contributed by atoms with Crippen molar-refractivity contribution in [2.24, 2.45) is 5.41 Å². The van der Waals surface area contributed by atoms with Crippen LogP contribution in [0.15, 0.2) is 33.9 Å². The molecule has 144 valence electrons. The van der Waals surface area contributed by atoms with Crippen LogP contribution in [0.1, 0.15) is 20.8 Å². The molecule has 0 unspecified atom stereocenters. The van der Waals surface area contributed by atoms with Crippen LogP contribution in [0.4, 0.5) is 0 Å².